The Hall–Kier alpha value is -2.31. The molecule has 0 saturated carbocycles. The van der Waals surface area contributed by atoms with Crippen LogP contribution in [0.4, 0.5) is 8.78 Å². The molecule has 0 spiro atoms. The highest BCUT2D eigenvalue weighted by atomic mass is 19.1. The fourth-order valence-electron chi connectivity index (χ4n) is 2.24. The number of aliphatic hydroxyl groups excluding tert-OH is 1. The summed E-state index contributed by atoms with van der Waals surface area (Å²) in [5.74, 6) is -2.23. The number of benzene rings is 2. The number of amides is 1. The second-order valence-corrected chi connectivity index (χ2v) is 4.92. The zero-order valence-electron chi connectivity index (χ0n) is 12.5. The first kappa shape index (κ1) is 17.1. The standard InChI is InChI=1S/C17H17F2NO3/c1-23-16(11-6-3-2-4-7-11)17(22)20-10-14(21)15-12(18)8-5-9-13(15)19/h2-9,14,16,21H,10H2,1H3,(H,20,22)/t14-,16+/m1/s1. The zero-order chi connectivity index (χ0) is 16.8. The van der Waals surface area contributed by atoms with Gasteiger partial charge in [-0.2, -0.15) is 0 Å². The first-order valence-corrected chi connectivity index (χ1v) is 7.02. The summed E-state index contributed by atoms with van der Waals surface area (Å²) in [6.45, 7) is -0.330. The van der Waals surface area contributed by atoms with Gasteiger partial charge in [-0.05, 0) is 17.7 Å². The van der Waals surface area contributed by atoms with Crippen molar-refractivity contribution in [1.29, 1.82) is 0 Å². The Balaban J connectivity index is 2.03. The lowest BCUT2D eigenvalue weighted by molar-refractivity contribution is -0.131. The Morgan fingerprint density at radius 2 is 1.74 bits per heavy atom. The predicted octanol–water partition coefficient (Wildman–Crippen LogP) is 2.50. The molecule has 0 bridgehead atoms. The number of halogens is 2. The van der Waals surface area contributed by atoms with Crippen LogP contribution >= 0.6 is 0 Å². The number of rotatable bonds is 6. The minimum atomic E-state index is -1.49. The lowest BCUT2D eigenvalue weighted by Crippen LogP contribution is -2.34. The summed E-state index contributed by atoms with van der Waals surface area (Å²) >= 11 is 0. The molecule has 2 rings (SSSR count). The lowest BCUT2D eigenvalue weighted by Gasteiger charge is -2.18. The maximum atomic E-state index is 13.6. The molecular formula is C17H17F2NO3. The Morgan fingerprint density at radius 1 is 1.13 bits per heavy atom. The van der Waals surface area contributed by atoms with Crippen LogP contribution in [0.2, 0.25) is 0 Å². The molecule has 0 saturated heterocycles. The third-order valence-electron chi connectivity index (χ3n) is 3.38. The van der Waals surface area contributed by atoms with Gasteiger partial charge in [0.15, 0.2) is 6.10 Å². The summed E-state index contributed by atoms with van der Waals surface area (Å²) in [4.78, 5) is 12.1. The van der Waals surface area contributed by atoms with Gasteiger partial charge in [-0.1, -0.05) is 36.4 Å². The number of hydrogen-bond acceptors (Lipinski definition) is 3. The summed E-state index contributed by atoms with van der Waals surface area (Å²) in [6.07, 6.45) is -2.36. The molecule has 1 amide bonds. The Morgan fingerprint density at radius 3 is 2.30 bits per heavy atom. The number of nitrogens with one attached hydrogen (secondary N) is 1. The molecule has 0 fully saturated rings. The van der Waals surface area contributed by atoms with Crippen LogP contribution in [0.25, 0.3) is 0 Å². The number of carbonyl (C=O) groups excluding carboxylic acids is 1. The molecule has 6 heteroatoms. The van der Waals surface area contributed by atoms with Gasteiger partial charge in [0.1, 0.15) is 17.7 Å². The van der Waals surface area contributed by atoms with E-state index < -0.39 is 35.3 Å². The van der Waals surface area contributed by atoms with E-state index in [1.807, 2.05) is 0 Å². The zero-order valence-corrected chi connectivity index (χ0v) is 12.5. The van der Waals surface area contributed by atoms with E-state index in [1.54, 1.807) is 30.3 Å². The summed E-state index contributed by atoms with van der Waals surface area (Å²) < 4.78 is 32.3. The molecule has 4 nitrogen and oxygen atoms in total. The molecule has 2 aromatic rings. The summed E-state index contributed by atoms with van der Waals surface area (Å²) in [5, 5.41) is 12.4. The van der Waals surface area contributed by atoms with Crippen molar-refractivity contribution < 1.29 is 23.4 Å². The quantitative estimate of drug-likeness (QED) is 0.859. The van der Waals surface area contributed by atoms with Crippen LogP contribution in [0.5, 0.6) is 0 Å². The molecule has 23 heavy (non-hydrogen) atoms. The topological polar surface area (TPSA) is 58.6 Å². The Bertz CT molecular complexity index is 644. The van der Waals surface area contributed by atoms with Crippen LogP contribution in [0.1, 0.15) is 23.3 Å². The van der Waals surface area contributed by atoms with Crippen molar-refractivity contribution in [1.82, 2.24) is 5.32 Å². The van der Waals surface area contributed by atoms with Crippen LogP contribution in [0, 0.1) is 11.6 Å². The maximum Gasteiger partial charge on any atom is 0.253 e. The van der Waals surface area contributed by atoms with E-state index in [-0.39, 0.29) is 6.54 Å². The first-order valence-electron chi connectivity index (χ1n) is 7.02. The number of ether oxygens (including phenoxy) is 1. The van der Waals surface area contributed by atoms with Gasteiger partial charge in [-0.25, -0.2) is 8.78 Å². The van der Waals surface area contributed by atoms with Crippen molar-refractivity contribution in [3.05, 3.63) is 71.3 Å². The van der Waals surface area contributed by atoms with E-state index >= 15 is 0 Å². The lowest BCUT2D eigenvalue weighted by atomic mass is 10.1. The van der Waals surface area contributed by atoms with Gasteiger partial charge in [0.05, 0.1) is 5.56 Å². The first-order chi connectivity index (χ1) is 11.0. The molecule has 0 aromatic heterocycles. The fourth-order valence-corrected chi connectivity index (χ4v) is 2.24. The van der Waals surface area contributed by atoms with Crippen LogP contribution in [-0.2, 0) is 9.53 Å². The second kappa shape index (κ2) is 7.80. The minimum absolute atomic E-state index is 0.330. The number of carbonyl (C=O) groups is 1. The van der Waals surface area contributed by atoms with Crippen molar-refractivity contribution in [2.24, 2.45) is 0 Å². The van der Waals surface area contributed by atoms with Gasteiger partial charge in [-0.3, -0.25) is 4.79 Å². The highest BCUT2D eigenvalue weighted by Crippen LogP contribution is 2.21. The number of aliphatic hydroxyl groups is 1. The summed E-state index contributed by atoms with van der Waals surface area (Å²) in [6, 6.07) is 12.1. The van der Waals surface area contributed by atoms with E-state index in [1.165, 1.54) is 13.2 Å². The molecule has 2 N–H and O–H groups in total. The Kier molecular flexibility index (Phi) is 5.78. The molecule has 0 aliphatic carbocycles. The SMILES string of the molecule is CO[C@H](C(=O)NC[C@@H](O)c1c(F)cccc1F)c1ccccc1. The molecule has 0 unspecified atom stereocenters. The molecule has 2 atom stereocenters. The van der Waals surface area contributed by atoms with Crippen molar-refractivity contribution in [3.8, 4) is 0 Å². The van der Waals surface area contributed by atoms with Crippen molar-refractivity contribution in [2.45, 2.75) is 12.2 Å². The van der Waals surface area contributed by atoms with Crippen LogP contribution in [-0.4, -0.2) is 24.7 Å². The van der Waals surface area contributed by atoms with Gasteiger partial charge >= 0.3 is 0 Å². The number of hydrogen-bond donors (Lipinski definition) is 2. The van der Waals surface area contributed by atoms with Crippen LogP contribution < -0.4 is 5.32 Å². The monoisotopic (exact) mass is 321 g/mol. The van der Waals surface area contributed by atoms with Gasteiger partial charge < -0.3 is 15.2 Å². The predicted molar refractivity (Wildman–Crippen MR) is 80.5 cm³/mol. The highest BCUT2D eigenvalue weighted by molar-refractivity contribution is 5.82. The van der Waals surface area contributed by atoms with Gasteiger partial charge in [0.2, 0.25) is 0 Å². The third-order valence-corrected chi connectivity index (χ3v) is 3.38. The average molecular weight is 321 g/mol. The third kappa shape index (κ3) is 4.12. The normalized spacial score (nSPS) is 13.4. The van der Waals surface area contributed by atoms with Crippen LogP contribution in [0.3, 0.4) is 0 Å². The van der Waals surface area contributed by atoms with E-state index in [4.69, 9.17) is 4.74 Å². The number of methoxy groups -OCH3 is 1. The van der Waals surface area contributed by atoms with Gasteiger partial charge in [0, 0.05) is 13.7 Å². The molecule has 2 aromatic carbocycles. The Labute approximate surface area is 132 Å². The van der Waals surface area contributed by atoms with Crippen molar-refractivity contribution >= 4 is 5.91 Å². The van der Waals surface area contributed by atoms with E-state index in [2.05, 4.69) is 5.32 Å². The van der Waals surface area contributed by atoms with E-state index in [9.17, 15) is 18.7 Å². The molecule has 0 aliphatic rings. The van der Waals surface area contributed by atoms with Gasteiger partial charge in [0.25, 0.3) is 5.91 Å². The summed E-state index contributed by atoms with van der Waals surface area (Å²) in [7, 11) is 1.38. The minimum Gasteiger partial charge on any atom is -0.386 e. The van der Waals surface area contributed by atoms with Crippen molar-refractivity contribution in [3.63, 3.8) is 0 Å². The highest BCUT2D eigenvalue weighted by Gasteiger charge is 2.23. The fraction of sp³-hybridized carbons (Fsp3) is 0.235. The smallest absolute Gasteiger partial charge is 0.253 e. The maximum absolute atomic E-state index is 13.6. The average Bonchev–Trinajstić information content (AvgIpc) is 2.54. The summed E-state index contributed by atoms with van der Waals surface area (Å²) in [5.41, 5.74) is 0.167. The van der Waals surface area contributed by atoms with E-state index in [0.29, 0.717) is 5.56 Å². The molecule has 122 valence electrons. The molecule has 0 aliphatic heterocycles. The largest absolute Gasteiger partial charge is 0.386 e. The second-order valence-electron chi connectivity index (χ2n) is 4.92. The van der Waals surface area contributed by atoms with Crippen molar-refractivity contribution in [2.75, 3.05) is 13.7 Å². The molecule has 0 radical (unpaired) electrons. The molecule has 0 heterocycles. The van der Waals surface area contributed by atoms with Gasteiger partial charge in [-0.15, -0.1) is 0 Å². The van der Waals surface area contributed by atoms with E-state index in [0.717, 1.165) is 12.1 Å². The van der Waals surface area contributed by atoms with Crippen LogP contribution in [0.15, 0.2) is 48.5 Å². The molecular weight excluding hydrogens is 304 g/mol.